The topological polar surface area (TPSA) is 89.0 Å². The number of hydrogen-bond acceptors (Lipinski definition) is 6. The molecule has 28 heavy (non-hydrogen) atoms. The maximum atomic E-state index is 12.5. The van der Waals surface area contributed by atoms with Crippen LogP contribution in [0.1, 0.15) is 17.3 Å². The Labute approximate surface area is 169 Å². The molecule has 0 radical (unpaired) electrons. The first-order valence-electron chi connectivity index (χ1n) is 8.34. The van der Waals surface area contributed by atoms with Crippen LogP contribution in [0.25, 0.3) is 11.3 Å². The zero-order valence-corrected chi connectivity index (χ0v) is 16.6. The van der Waals surface area contributed by atoms with Crippen LogP contribution in [0.2, 0.25) is 0 Å². The van der Waals surface area contributed by atoms with Gasteiger partial charge in [0.1, 0.15) is 11.0 Å². The average molecular weight is 412 g/mol. The Bertz CT molecular complexity index is 991. The number of anilines is 1. The third-order valence-electron chi connectivity index (χ3n) is 3.73. The first-order chi connectivity index (χ1) is 13.5. The Morgan fingerprint density at radius 2 is 1.86 bits per heavy atom. The minimum atomic E-state index is -1.49. The number of nitrogens with one attached hydrogen (secondary N) is 1. The van der Waals surface area contributed by atoms with Crippen LogP contribution in [0.3, 0.4) is 0 Å². The number of aromatic nitrogens is 2. The van der Waals surface area contributed by atoms with E-state index >= 15 is 0 Å². The van der Waals surface area contributed by atoms with Gasteiger partial charge in [-0.25, -0.2) is 4.21 Å². The summed E-state index contributed by atoms with van der Waals surface area (Å²) in [4.78, 5) is 31.9. The molecule has 1 unspecified atom stereocenters. The van der Waals surface area contributed by atoms with Gasteiger partial charge in [-0.05, 0) is 36.4 Å². The van der Waals surface area contributed by atoms with E-state index in [1.165, 1.54) is 6.92 Å². The van der Waals surface area contributed by atoms with E-state index in [0.717, 1.165) is 23.0 Å². The number of nitrogens with zero attached hydrogens (tertiary/aromatic N) is 2. The number of carbonyl (C=O) groups is 2. The molecule has 142 valence electrons. The van der Waals surface area contributed by atoms with Gasteiger partial charge in [-0.3, -0.25) is 24.3 Å². The normalized spacial score (nSPS) is 11.6. The van der Waals surface area contributed by atoms with Crippen LogP contribution in [0, 0.1) is 0 Å². The summed E-state index contributed by atoms with van der Waals surface area (Å²) < 4.78 is 15.4. The summed E-state index contributed by atoms with van der Waals surface area (Å²) in [6.07, 6.45) is 5.03. The fraction of sp³-hybridized carbons (Fsp3) is 0.100. The Balaban J connectivity index is 1.63. The van der Waals surface area contributed by atoms with Crippen molar-refractivity contribution in [3.8, 4) is 11.3 Å². The van der Waals surface area contributed by atoms with Gasteiger partial charge in [0.2, 0.25) is 0 Å². The Morgan fingerprint density at radius 3 is 2.46 bits per heavy atom. The summed E-state index contributed by atoms with van der Waals surface area (Å²) in [6, 6.07) is 13.9. The van der Waals surface area contributed by atoms with Crippen molar-refractivity contribution in [3.05, 3.63) is 72.7 Å². The van der Waals surface area contributed by atoms with Crippen molar-refractivity contribution in [2.45, 2.75) is 11.8 Å². The van der Waals surface area contributed by atoms with Gasteiger partial charge in [-0.2, -0.15) is 0 Å². The van der Waals surface area contributed by atoms with E-state index in [1.54, 1.807) is 48.9 Å². The minimum absolute atomic E-state index is 0.0987. The molecule has 3 rings (SSSR count). The van der Waals surface area contributed by atoms with Crippen molar-refractivity contribution in [1.82, 2.24) is 9.97 Å². The molecule has 0 spiro atoms. The van der Waals surface area contributed by atoms with Gasteiger partial charge in [0.25, 0.3) is 0 Å². The molecular formula is C20H17N3O3S2. The first-order valence-corrected chi connectivity index (χ1v) is 10.5. The van der Waals surface area contributed by atoms with Crippen LogP contribution in [-0.4, -0.2) is 30.8 Å². The molecule has 8 heteroatoms. The Morgan fingerprint density at radius 1 is 1.07 bits per heavy atom. The fourth-order valence-electron chi connectivity index (χ4n) is 2.32. The molecule has 0 aliphatic heterocycles. The molecule has 1 aromatic carbocycles. The lowest BCUT2D eigenvalue weighted by Crippen LogP contribution is -2.07. The molecule has 2 aromatic heterocycles. The number of rotatable bonds is 7. The van der Waals surface area contributed by atoms with Crippen molar-refractivity contribution in [2.24, 2.45) is 0 Å². The van der Waals surface area contributed by atoms with Gasteiger partial charge in [0.05, 0.1) is 28.2 Å². The molecule has 6 nitrogen and oxygen atoms in total. The van der Waals surface area contributed by atoms with Gasteiger partial charge >= 0.3 is 0 Å². The summed E-state index contributed by atoms with van der Waals surface area (Å²) >= 11 is 0.974. The molecule has 0 aliphatic rings. The summed E-state index contributed by atoms with van der Waals surface area (Å²) in [5.74, 6) is -0.0361. The fourth-order valence-corrected chi connectivity index (χ4v) is 3.66. The zero-order valence-electron chi connectivity index (χ0n) is 15.0. The van der Waals surface area contributed by atoms with Crippen molar-refractivity contribution in [1.29, 1.82) is 0 Å². The van der Waals surface area contributed by atoms with Crippen LogP contribution in [0.4, 0.5) is 5.69 Å². The maximum Gasteiger partial charge on any atom is 0.186 e. The highest BCUT2D eigenvalue weighted by Gasteiger charge is 2.10. The van der Waals surface area contributed by atoms with Crippen molar-refractivity contribution in [2.75, 3.05) is 10.5 Å². The molecule has 0 amide bonds. The summed E-state index contributed by atoms with van der Waals surface area (Å²) in [5, 5.41) is -0.0987. The van der Waals surface area contributed by atoms with Crippen LogP contribution < -0.4 is 4.72 Å². The van der Waals surface area contributed by atoms with E-state index in [2.05, 4.69) is 14.7 Å². The van der Waals surface area contributed by atoms with E-state index in [9.17, 15) is 13.8 Å². The van der Waals surface area contributed by atoms with E-state index in [-0.39, 0.29) is 16.7 Å². The minimum Gasteiger partial charge on any atom is -0.300 e. The van der Waals surface area contributed by atoms with Crippen LogP contribution in [0.15, 0.2) is 72.0 Å². The number of Topliss-reactive ketones (excluding diaryl/α,β-unsaturated/α-hetero) is 1. The number of carbonyl (C=O) groups excluding carboxylic acids is 2. The average Bonchev–Trinajstić information content (AvgIpc) is 2.73. The second kappa shape index (κ2) is 9.38. The van der Waals surface area contributed by atoms with Crippen LogP contribution in [0.5, 0.6) is 0 Å². The number of ketones is 1. The van der Waals surface area contributed by atoms with Gasteiger partial charge in [-0.1, -0.05) is 23.9 Å². The second-order valence-corrected chi connectivity index (χ2v) is 8.14. The third-order valence-corrected chi connectivity index (χ3v) is 5.66. The summed E-state index contributed by atoms with van der Waals surface area (Å²) in [7, 11) is -1.49. The first kappa shape index (κ1) is 19.9. The number of pyridine rings is 2. The maximum absolute atomic E-state index is 12.5. The van der Waals surface area contributed by atoms with Gasteiger partial charge < -0.3 is 0 Å². The molecule has 0 saturated carbocycles. The SMILES string of the molecule is CC(=O)SCC(=O)c1ccc(S(=O)Nc2ccc(-c3cccnc3)nc2)cc1. The van der Waals surface area contributed by atoms with E-state index in [4.69, 9.17) is 0 Å². The summed E-state index contributed by atoms with van der Waals surface area (Å²) in [6.45, 7) is 1.42. The van der Waals surface area contributed by atoms with Crippen molar-refractivity contribution >= 4 is 39.3 Å². The lowest BCUT2D eigenvalue weighted by molar-refractivity contribution is -0.109. The highest BCUT2D eigenvalue weighted by Crippen LogP contribution is 2.19. The lowest BCUT2D eigenvalue weighted by atomic mass is 10.1. The van der Waals surface area contributed by atoms with E-state index in [1.807, 2.05) is 18.2 Å². The van der Waals surface area contributed by atoms with Crippen molar-refractivity contribution in [3.63, 3.8) is 0 Å². The lowest BCUT2D eigenvalue weighted by Gasteiger charge is -2.07. The standard InChI is InChI=1S/C20H17N3O3S2/c1-14(24)27-13-20(25)15-4-7-18(8-5-15)28(26)23-17-6-9-19(22-12-17)16-3-2-10-21-11-16/h2-12,23H,13H2,1H3. The Kier molecular flexibility index (Phi) is 6.67. The predicted molar refractivity (Wildman–Crippen MR) is 111 cm³/mol. The molecule has 2 heterocycles. The molecule has 0 bridgehead atoms. The molecule has 3 aromatic rings. The second-order valence-electron chi connectivity index (χ2n) is 5.77. The highest BCUT2D eigenvalue weighted by molar-refractivity contribution is 8.14. The zero-order chi connectivity index (χ0) is 19.9. The van der Waals surface area contributed by atoms with Gasteiger partial charge in [0, 0.05) is 30.4 Å². The number of benzene rings is 1. The molecule has 0 aliphatic carbocycles. The molecule has 1 N–H and O–H groups in total. The summed E-state index contributed by atoms with van der Waals surface area (Å²) in [5.41, 5.74) is 2.77. The Hall–Kier alpha value is -2.84. The van der Waals surface area contributed by atoms with E-state index in [0.29, 0.717) is 16.1 Å². The monoisotopic (exact) mass is 411 g/mol. The van der Waals surface area contributed by atoms with Gasteiger partial charge in [0.15, 0.2) is 10.9 Å². The predicted octanol–water partition coefficient (Wildman–Crippen LogP) is 3.74. The number of hydrogen-bond donors (Lipinski definition) is 1. The van der Waals surface area contributed by atoms with Crippen LogP contribution >= 0.6 is 11.8 Å². The molecule has 0 fully saturated rings. The van der Waals surface area contributed by atoms with Gasteiger partial charge in [-0.15, -0.1) is 0 Å². The van der Waals surface area contributed by atoms with E-state index < -0.39 is 11.0 Å². The van der Waals surface area contributed by atoms with Crippen molar-refractivity contribution < 1.29 is 13.8 Å². The molecule has 1 atom stereocenters. The highest BCUT2D eigenvalue weighted by atomic mass is 32.2. The smallest absolute Gasteiger partial charge is 0.186 e. The quantitative estimate of drug-likeness (QED) is 0.596. The molecular weight excluding hydrogens is 394 g/mol. The third kappa shape index (κ3) is 5.34. The largest absolute Gasteiger partial charge is 0.300 e. The molecule has 0 saturated heterocycles. The number of thioether (sulfide) groups is 1. The van der Waals surface area contributed by atoms with Crippen LogP contribution in [-0.2, 0) is 15.8 Å².